The third-order valence-electron chi connectivity index (χ3n) is 5.47. The van der Waals surface area contributed by atoms with E-state index < -0.39 is 5.97 Å². The van der Waals surface area contributed by atoms with Crippen LogP contribution in [0.15, 0.2) is 36.5 Å². The lowest BCUT2D eigenvalue weighted by Crippen LogP contribution is -2.42. The van der Waals surface area contributed by atoms with Gasteiger partial charge in [0.05, 0.1) is 25.3 Å². The molecule has 0 spiro atoms. The first-order valence-electron chi connectivity index (χ1n) is 10.8. The summed E-state index contributed by atoms with van der Waals surface area (Å²) in [7, 11) is 1.58. The number of carbonyl (C=O) groups is 2. The summed E-state index contributed by atoms with van der Waals surface area (Å²) in [6.07, 6.45) is 2.89. The molecular weight excluding hydrogens is 426 g/mol. The van der Waals surface area contributed by atoms with Crippen LogP contribution in [0.25, 0.3) is 0 Å². The highest BCUT2D eigenvalue weighted by Gasteiger charge is 2.34. The normalized spacial score (nSPS) is 19.8. The largest absolute Gasteiger partial charge is 0.493 e. The summed E-state index contributed by atoms with van der Waals surface area (Å²) in [5.74, 6) is 0.205. The van der Waals surface area contributed by atoms with Gasteiger partial charge in [-0.05, 0) is 56.0 Å². The van der Waals surface area contributed by atoms with Crippen LogP contribution >= 0.6 is 0 Å². The number of ether oxygens (including phenoxy) is 3. The Kier molecular flexibility index (Phi) is 8.22. The van der Waals surface area contributed by atoms with Crippen LogP contribution in [-0.2, 0) is 14.4 Å². The summed E-state index contributed by atoms with van der Waals surface area (Å²) in [5, 5.41) is 8.85. The summed E-state index contributed by atoms with van der Waals surface area (Å²) >= 11 is 0. The fourth-order valence-electron chi connectivity index (χ4n) is 3.94. The van der Waals surface area contributed by atoms with Crippen molar-refractivity contribution in [1.29, 1.82) is 5.26 Å². The monoisotopic (exact) mass is 453 g/mol. The molecule has 0 bridgehead atoms. The van der Waals surface area contributed by atoms with Gasteiger partial charge in [0.2, 0.25) is 0 Å². The molecule has 1 fully saturated rings. The van der Waals surface area contributed by atoms with Gasteiger partial charge in [-0.2, -0.15) is 5.26 Å². The van der Waals surface area contributed by atoms with Crippen LogP contribution in [0, 0.1) is 11.3 Å². The first kappa shape index (κ1) is 24.0. The number of carbonyl (C=O) groups excluding carboxylic acids is 2. The van der Waals surface area contributed by atoms with Gasteiger partial charge in [0.1, 0.15) is 17.9 Å². The molecule has 33 heavy (non-hydrogen) atoms. The van der Waals surface area contributed by atoms with Crippen molar-refractivity contribution in [1.82, 2.24) is 10.5 Å². The molecule has 1 aliphatic rings. The first-order valence-corrected chi connectivity index (χ1v) is 10.8. The lowest BCUT2D eigenvalue weighted by atomic mass is 9.79. The third kappa shape index (κ3) is 6.20. The second kappa shape index (κ2) is 11.3. The average Bonchev–Trinajstić information content (AvgIpc) is 2.83. The molecule has 2 aromatic rings. The third-order valence-corrected chi connectivity index (χ3v) is 5.47. The quantitative estimate of drug-likeness (QED) is 0.474. The van der Waals surface area contributed by atoms with Crippen LogP contribution in [0.3, 0.4) is 0 Å². The molecule has 3 rings (SSSR count). The van der Waals surface area contributed by atoms with Gasteiger partial charge < -0.3 is 19.0 Å². The van der Waals surface area contributed by atoms with E-state index in [4.69, 9.17) is 24.3 Å². The van der Waals surface area contributed by atoms with Crippen LogP contribution in [0.4, 0.5) is 0 Å². The molecule has 3 atom stereocenters. The Bertz CT molecular complexity index is 1020. The molecule has 3 unspecified atom stereocenters. The predicted molar refractivity (Wildman–Crippen MR) is 118 cm³/mol. The molecule has 1 saturated carbocycles. The Hall–Kier alpha value is -3.64. The van der Waals surface area contributed by atoms with Crippen LogP contribution in [0.1, 0.15) is 60.6 Å². The summed E-state index contributed by atoms with van der Waals surface area (Å²) in [5.41, 5.74) is 4.29. The molecule has 9 nitrogen and oxygen atoms in total. The van der Waals surface area contributed by atoms with Gasteiger partial charge in [0.15, 0.2) is 11.5 Å². The smallest absolute Gasteiger partial charge is 0.358 e. The van der Waals surface area contributed by atoms with Crippen LogP contribution < -0.4 is 15.0 Å². The van der Waals surface area contributed by atoms with Crippen LogP contribution in [0.2, 0.25) is 0 Å². The van der Waals surface area contributed by atoms with Gasteiger partial charge in [-0.15, -0.1) is 5.48 Å². The molecule has 1 heterocycles. The zero-order chi connectivity index (χ0) is 23.8. The molecule has 0 amide bonds. The van der Waals surface area contributed by atoms with Crippen molar-refractivity contribution in [3.8, 4) is 17.6 Å². The molecule has 174 valence electrons. The number of rotatable bonds is 8. The van der Waals surface area contributed by atoms with Crippen molar-refractivity contribution in [2.24, 2.45) is 0 Å². The number of nitrogens with zero attached hydrogens (tertiary/aromatic N) is 2. The zero-order valence-electron chi connectivity index (χ0n) is 18.9. The molecule has 0 saturated heterocycles. The Labute approximate surface area is 192 Å². The number of aromatic nitrogens is 1. The molecule has 1 N–H and O–H groups in total. The SMILES string of the molecule is CCOc1cc(C2CC(OC(C)=O)CCC2NOC(=O)c2ccc(C#N)nc2)ccc1OC. The van der Waals surface area contributed by atoms with Crippen LogP contribution in [0.5, 0.6) is 11.5 Å². The number of benzene rings is 1. The summed E-state index contributed by atoms with van der Waals surface area (Å²) < 4.78 is 16.6. The van der Waals surface area contributed by atoms with Crippen LogP contribution in [-0.4, -0.2) is 42.8 Å². The van der Waals surface area contributed by atoms with Crippen molar-refractivity contribution in [2.75, 3.05) is 13.7 Å². The van der Waals surface area contributed by atoms with Crippen molar-refractivity contribution in [2.45, 2.75) is 51.2 Å². The van der Waals surface area contributed by atoms with Crippen molar-refractivity contribution < 1.29 is 28.6 Å². The highest BCUT2D eigenvalue weighted by molar-refractivity contribution is 5.88. The Balaban J connectivity index is 1.78. The Morgan fingerprint density at radius 2 is 2.03 bits per heavy atom. The summed E-state index contributed by atoms with van der Waals surface area (Å²) in [6.45, 7) is 3.77. The maximum atomic E-state index is 12.4. The Morgan fingerprint density at radius 1 is 1.21 bits per heavy atom. The molecule has 0 radical (unpaired) electrons. The minimum absolute atomic E-state index is 0.111. The number of nitriles is 1. The number of hydrogen-bond donors (Lipinski definition) is 1. The minimum atomic E-state index is -0.599. The van der Waals surface area contributed by atoms with E-state index in [0.717, 1.165) is 5.56 Å². The molecule has 1 aliphatic carbocycles. The first-order chi connectivity index (χ1) is 15.9. The topological polar surface area (TPSA) is 120 Å². The van der Waals surface area contributed by atoms with E-state index in [1.807, 2.05) is 31.2 Å². The Morgan fingerprint density at radius 3 is 2.67 bits per heavy atom. The highest BCUT2D eigenvalue weighted by Crippen LogP contribution is 2.38. The van der Waals surface area contributed by atoms with E-state index in [9.17, 15) is 9.59 Å². The molecule has 1 aromatic carbocycles. The summed E-state index contributed by atoms with van der Waals surface area (Å²) in [4.78, 5) is 33.2. The average molecular weight is 453 g/mol. The van der Waals surface area contributed by atoms with Gasteiger partial charge in [0, 0.05) is 19.0 Å². The number of pyridine rings is 1. The minimum Gasteiger partial charge on any atom is -0.493 e. The number of hydrogen-bond acceptors (Lipinski definition) is 9. The van der Waals surface area contributed by atoms with Gasteiger partial charge in [-0.3, -0.25) is 4.79 Å². The highest BCUT2D eigenvalue weighted by atomic mass is 16.7. The summed E-state index contributed by atoms with van der Waals surface area (Å²) in [6, 6.07) is 10.3. The van der Waals surface area contributed by atoms with Crippen molar-refractivity contribution in [3.05, 3.63) is 53.3 Å². The molecular formula is C24H27N3O6. The van der Waals surface area contributed by atoms with E-state index in [2.05, 4.69) is 10.5 Å². The lowest BCUT2D eigenvalue weighted by molar-refractivity contribution is -0.148. The van der Waals surface area contributed by atoms with Gasteiger partial charge in [0.25, 0.3) is 0 Å². The van der Waals surface area contributed by atoms with Crippen molar-refractivity contribution >= 4 is 11.9 Å². The number of esters is 1. The standard InChI is InChI=1S/C24H27N3O6/c1-4-31-23-11-16(6-10-22(23)30-3)20-12-19(32-15(2)28)8-9-21(20)27-33-24(29)17-5-7-18(13-25)26-14-17/h5-7,10-11,14,19-21,27H,4,8-9,12H2,1-3H3. The number of nitrogens with one attached hydrogen (secondary N) is 1. The van der Waals surface area contributed by atoms with E-state index in [-0.39, 0.29) is 35.3 Å². The maximum absolute atomic E-state index is 12.4. The molecule has 1 aromatic heterocycles. The number of hydroxylamine groups is 1. The van der Waals surface area contributed by atoms with Gasteiger partial charge >= 0.3 is 11.9 Å². The number of methoxy groups -OCH3 is 1. The zero-order valence-corrected chi connectivity index (χ0v) is 18.9. The fraction of sp³-hybridized carbons (Fsp3) is 0.417. The van der Waals surface area contributed by atoms with E-state index >= 15 is 0 Å². The van der Waals surface area contributed by atoms with Gasteiger partial charge in [-0.25, -0.2) is 9.78 Å². The second-order valence-corrected chi connectivity index (χ2v) is 7.65. The van der Waals surface area contributed by atoms with E-state index in [1.165, 1.54) is 25.3 Å². The second-order valence-electron chi connectivity index (χ2n) is 7.65. The molecule has 9 heteroatoms. The van der Waals surface area contributed by atoms with E-state index in [1.54, 1.807) is 7.11 Å². The molecule has 0 aliphatic heterocycles. The lowest BCUT2D eigenvalue weighted by Gasteiger charge is -2.36. The maximum Gasteiger partial charge on any atom is 0.358 e. The van der Waals surface area contributed by atoms with Gasteiger partial charge in [-0.1, -0.05) is 6.07 Å². The van der Waals surface area contributed by atoms with E-state index in [0.29, 0.717) is 37.4 Å². The predicted octanol–water partition coefficient (Wildman–Crippen LogP) is 3.29. The fourth-order valence-corrected chi connectivity index (χ4v) is 3.94. The van der Waals surface area contributed by atoms with Crippen molar-refractivity contribution in [3.63, 3.8) is 0 Å².